The van der Waals surface area contributed by atoms with Crippen molar-refractivity contribution in [1.29, 1.82) is 0 Å². The number of non-ortho nitro benzene ring substituents is 1. The Bertz CT molecular complexity index is 488. The molecule has 6 nitrogen and oxygen atoms in total. The number of rotatable bonds is 6. The van der Waals surface area contributed by atoms with Crippen LogP contribution in [0.5, 0.6) is 5.75 Å². The fourth-order valence-electron chi connectivity index (χ4n) is 1.60. The molecule has 0 aliphatic heterocycles. The second kappa shape index (κ2) is 5.98. The van der Waals surface area contributed by atoms with E-state index < -0.39 is 12.3 Å². The minimum absolute atomic E-state index is 0.102. The second-order valence-electron chi connectivity index (χ2n) is 3.52. The van der Waals surface area contributed by atoms with Gasteiger partial charge in [-0.25, -0.2) is 0 Å². The van der Waals surface area contributed by atoms with Gasteiger partial charge in [-0.15, -0.1) is 0 Å². The summed E-state index contributed by atoms with van der Waals surface area (Å²) in [5, 5.41) is 11.1. The van der Waals surface area contributed by atoms with Crippen LogP contribution in [-0.2, 0) is 9.09 Å². The molecule has 18 heavy (non-hydrogen) atoms. The number of ether oxygens (including phenoxy) is 1. The molecule has 1 rings (SSSR count). The first kappa shape index (κ1) is 14.7. The van der Waals surface area contributed by atoms with Crippen LogP contribution < -0.4 is 10.0 Å². The fraction of sp³-hybridized carbons (Fsp3) is 0.455. The smallest absolute Gasteiger partial charge is 0.273 e. The van der Waals surface area contributed by atoms with Crippen LogP contribution >= 0.6 is 7.37 Å². The Kier molecular flexibility index (Phi) is 4.87. The fourth-order valence-corrected chi connectivity index (χ4v) is 3.47. The molecule has 0 aromatic heterocycles. The number of hydrogen-bond donors (Lipinski definition) is 0. The van der Waals surface area contributed by atoms with Crippen LogP contribution in [0.4, 0.5) is 5.69 Å². The van der Waals surface area contributed by atoms with E-state index in [0.29, 0.717) is 18.1 Å². The van der Waals surface area contributed by atoms with Crippen molar-refractivity contribution in [3.8, 4) is 5.75 Å². The van der Waals surface area contributed by atoms with E-state index in [1.807, 2.05) is 0 Å². The molecule has 0 fully saturated rings. The van der Waals surface area contributed by atoms with Gasteiger partial charge in [0.2, 0.25) is 7.37 Å². The molecule has 100 valence electrons. The van der Waals surface area contributed by atoms with Crippen molar-refractivity contribution in [2.45, 2.75) is 13.8 Å². The normalized spacial score (nSPS) is 13.9. The zero-order valence-corrected chi connectivity index (χ0v) is 11.5. The predicted molar refractivity (Wildman–Crippen MR) is 69.1 cm³/mol. The van der Waals surface area contributed by atoms with Crippen molar-refractivity contribution in [3.63, 3.8) is 0 Å². The third-order valence-corrected chi connectivity index (χ3v) is 5.11. The lowest BCUT2D eigenvalue weighted by Crippen LogP contribution is -2.13. The number of hydrogen-bond acceptors (Lipinski definition) is 5. The standard InChI is InChI=1S/C11H16NO5P/c1-4-17-18(15,5-2)11-7-6-9(12(13)14)8-10(11)16-3/h6-8H,4-5H2,1-3H3. The molecule has 0 N–H and O–H groups in total. The van der Waals surface area contributed by atoms with Crippen molar-refractivity contribution in [1.82, 2.24) is 0 Å². The van der Waals surface area contributed by atoms with E-state index >= 15 is 0 Å². The van der Waals surface area contributed by atoms with E-state index in [1.54, 1.807) is 13.8 Å². The van der Waals surface area contributed by atoms with Crippen LogP contribution in [0.15, 0.2) is 18.2 Å². The zero-order valence-electron chi connectivity index (χ0n) is 10.6. The molecule has 0 aliphatic carbocycles. The molecule has 0 saturated heterocycles. The molecule has 0 heterocycles. The van der Waals surface area contributed by atoms with E-state index in [0.717, 1.165) is 0 Å². The summed E-state index contributed by atoms with van der Waals surface area (Å²) in [7, 11) is -1.62. The van der Waals surface area contributed by atoms with Crippen molar-refractivity contribution >= 4 is 18.4 Å². The monoisotopic (exact) mass is 273 g/mol. The van der Waals surface area contributed by atoms with Gasteiger partial charge in [0.1, 0.15) is 5.75 Å². The predicted octanol–water partition coefficient (Wildman–Crippen LogP) is 2.56. The van der Waals surface area contributed by atoms with E-state index in [4.69, 9.17) is 9.26 Å². The SMILES string of the molecule is CCOP(=O)(CC)c1ccc([N+](=O)[O-])cc1OC. The van der Waals surface area contributed by atoms with E-state index in [-0.39, 0.29) is 11.4 Å². The maximum atomic E-state index is 12.6. The van der Waals surface area contributed by atoms with Crippen LogP contribution in [0.25, 0.3) is 0 Å². The quantitative estimate of drug-likeness (QED) is 0.452. The summed E-state index contributed by atoms with van der Waals surface area (Å²) >= 11 is 0. The number of benzene rings is 1. The maximum Gasteiger partial charge on any atom is 0.273 e. The van der Waals surface area contributed by atoms with E-state index in [9.17, 15) is 14.7 Å². The third kappa shape index (κ3) is 2.89. The highest BCUT2D eigenvalue weighted by Crippen LogP contribution is 2.48. The molecule has 0 aliphatic rings. The molecule has 1 unspecified atom stereocenters. The van der Waals surface area contributed by atoms with Crippen molar-refractivity contribution in [2.75, 3.05) is 19.9 Å². The zero-order chi connectivity index (χ0) is 13.8. The second-order valence-corrected chi connectivity index (χ2v) is 6.24. The Hall–Kier alpha value is -1.39. The van der Waals surface area contributed by atoms with Gasteiger partial charge in [-0.05, 0) is 13.0 Å². The third-order valence-electron chi connectivity index (χ3n) is 2.50. The molecule has 7 heteroatoms. The van der Waals surface area contributed by atoms with Gasteiger partial charge in [0.25, 0.3) is 5.69 Å². The summed E-state index contributed by atoms with van der Waals surface area (Å²) in [5.74, 6) is 0.225. The topological polar surface area (TPSA) is 78.7 Å². The summed E-state index contributed by atoms with van der Waals surface area (Å²) in [6.07, 6.45) is 0.314. The Labute approximate surface area is 106 Å². The molecule has 1 aromatic carbocycles. The minimum Gasteiger partial charge on any atom is -0.496 e. The van der Waals surface area contributed by atoms with E-state index in [2.05, 4.69) is 0 Å². The first-order valence-electron chi connectivity index (χ1n) is 5.55. The van der Waals surface area contributed by atoms with Gasteiger partial charge in [0, 0.05) is 12.2 Å². The van der Waals surface area contributed by atoms with Crippen LogP contribution in [0.2, 0.25) is 0 Å². The first-order chi connectivity index (χ1) is 8.48. The number of nitro groups is 1. The van der Waals surface area contributed by atoms with Crippen LogP contribution in [-0.4, -0.2) is 24.8 Å². The Morgan fingerprint density at radius 1 is 1.39 bits per heavy atom. The molecule has 1 atom stereocenters. The molecular weight excluding hydrogens is 257 g/mol. The molecule has 0 amide bonds. The lowest BCUT2D eigenvalue weighted by atomic mass is 10.3. The number of methoxy groups -OCH3 is 1. The summed E-state index contributed by atoms with van der Waals surface area (Å²) in [6, 6.07) is 4.01. The molecule has 0 spiro atoms. The van der Waals surface area contributed by atoms with Gasteiger partial charge in [-0.2, -0.15) is 0 Å². The minimum atomic E-state index is -3.00. The molecule has 1 aromatic rings. The molecule has 0 radical (unpaired) electrons. The van der Waals surface area contributed by atoms with Gasteiger partial charge < -0.3 is 9.26 Å². The van der Waals surface area contributed by atoms with Gasteiger partial charge in [0.15, 0.2) is 0 Å². The van der Waals surface area contributed by atoms with Crippen molar-refractivity contribution in [2.24, 2.45) is 0 Å². The number of nitro benzene ring substituents is 1. The Balaban J connectivity index is 3.32. The first-order valence-corrected chi connectivity index (χ1v) is 7.36. The van der Waals surface area contributed by atoms with Crippen LogP contribution in [0.1, 0.15) is 13.8 Å². The highest BCUT2D eigenvalue weighted by molar-refractivity contribution is 7.67. The molecular formula is C11H16NO5P. The number of nitrogens with zero attached hydrogens (tertiary/aromatic N) is 1. The summed E-state index contributed by atoms with van der Waals surface area (Å²) in [5.41, 5.74) is -0.102. The summed E-state index contributed by atoms with van der Waals surface area (Å²) < 4.78 is 23.0. The highest BCUT2D eigenvalue weighted by atomic mass is 31.2. The van der Waals surface area contributed by atoms with Crippen LogP contribution in [0, 0.1) is 10.1 Å². The Morgan fingerprint density at radius 2 is 2.06 bits per heavy atom. The largest absolute Gasteiger partial charge is 0.496 e. The Morgan fingerprint density at radius 3 is 2.50 bits per heavy atom. The maximum absolute atomic E-state index is 12.6. The van der Waals surface area contributed by atoms with Crippen molar-refractivity contribution < 1.29 is 18.7 Å². The van der Waals surface area contributed by atoms with E-state index in [1.165, 1.54) is 25.3 Å². The lowest BCUT2D eigenvalue weighted by Gasteiger charge is -2.18. The lowest BCUT2D eigenvalue weighted by molar-refractivity contribution is -0.384. The van der Waals surface area contributed by atoms with Gasteiger partial charge in [-0.1, -0.05) is 6.92 Å². The molecule has 0 bridgehead atoms. The summed E-state index contributed by atoms with van der Waals surface area (Å²) in [6.45, 7) is 3.81. The average Bonchev–Trinajstić information content (AvgIpc) is 2.38. The van der Waals surface area contributed by atoms with Crippen LogP contribution in [0.3, 0.4) is 0 Å². The van der Waals surface area contributed by atoms with Gasteiger partial charge >= 0.3 is 0 Å². The van der Waals surface area contributed by atoms with Gasteiger partial charge in [-0.3, -0.25) is 14.7 Å². The molecule has 0 saturated carbocycles. The highest BCUT2D eigenvalue weighted by Gasteiger charge is 2.28. The van der Waals surface area contributed by atoms with Crippen molar-refractivity contribution in [3.05, 3.63) is 28.3 Å². The van der Waals surface area contributed by atoms with Gasteiger partial charge in [0.05, 0.1) is 30.0 Å². The average molecular weight is 273 g/mol. The summed E-state index contributed by atoms with van der Waals surface area (Å²) in [4.78, 5) is 10.2.